The van der Waals surface area contributed by atoms with Crippen LogP contribution in [0.5, 0.6) is 0 Å². The monoisotopic (exact) mass is 737 g/mol. The third-order valence-corrected chi connectivity index (χ3v) is 11.4. The van der Waals surface area contributed by atoms with Gasteiger partial charge in [0, 0.05) is 38.7 Å². The number of aryl methyl sites for hydroxylation is 1. The van der Waals surface area contributed by atoms with Crippen LogP contribution in [0, 0.1) is 0 Å². The maximum Gasteiger partial charge on any atom is 0.238 e. The number of hydrogen-bond acceptors (Lipinski definition) is 3. The van der Waals surface area contributed by atoms with Gasteiger partial charge in [-0.25, -0.2) is 4.98 Å². The molecule has 3 heterocycles. The van der Waals surface area contributed by atoms with E-state index in [1.165, 1.54) is 44.0 Å². The fraction of sp³-hybridized carbons (Fsp3) is 0.135. The Hall–Kier alpha value is -6.85. The summed E-state index contributed by atoms with van der Waals surface area (Å²) in [6.45, 7) is 4.24. The first-order valence-corrected chi connectivity index (χ1v) is 20.2. The van der Waals surface area contributed by atoms with Crippen molar-refractivity contribution in [2.45, 2.75) is 46.0 Å². The van der Waals surface area contributed by atoms with E-state index < -0.39 is 0 Å². The molecule has 0 fully saturated rings. The van der Waals surface area contributed by atoms with Gasteiger partial charge >= 0.3 is 0 Å². The van der Waals surface area contributed by atoms with E-state index in [1.54, 1.807) is 0 Å². The molecular weight excluding hydrogens is 695 g/mol. The Morgan fingerprint density at radius 2 is 1.28 bits per heavy atom. The highest BCUT2D eigenvalue weighted by Crippen LogP contribution is 2.43. The molecule has 57 heavy (non-hydrogen) atoms. The van der Waals surface area contributed by atoms with Crippen molar-refractivity contribution in [2.24, 2.45) is 0 Å². The van der Waals surface area contributed by atoms with Crippen molar-refractivity contribution in [3.8, 4) is 45.5 Å². The molecule has 0 amide bonds. The van der Waals surface area contributed by atoms with Gasteiger partial charge in [0.2, 0.25) is 5.95 Å². The molecule has 1 aliphatic carbocycles. The second-order valence-electron chi connectivity index (χ2n) is 14.9. The largest absolute Gasteiger partial charge is 0.309 e. The van der Waals surface area contributed by atoms with Crippen molar-refractivity contribution >= 4 is 38.3 Å². The Bertz CT molecular complexity index is 3000. The summed E-state index contributed by atoms with van der Waals surface area (Å²) in [5.74, 6) is 1.96. The fourth-order valence-electron chi connectivity index (χ4n) is 8.87. The van der Waals surface area contributed by atoms with Crippen LogP contribution >= 0.6 is 0 Å². The zero-order valence-corrected chi connectivity index (χ0v) is 32.4. The van der Waals surface area contributed by atoms with Gasteiger partial charge in [0.15, 0.2) is 11.6 Å². The molecule has 0 radical (unpaired) electrons. The second-order valence-corrected chi connectivity index (χ2v) is 14.9. The first-order valence-electron chi connectivity index (χ1n) is 20.2. The maximum atomic E-state index is 5.40. The molecule has 0 saturated heterocycles. The van der Waals surface area contributed by atoms with Gasteiger partial charge < -0.3 is 4.57 Å². The van der Waals surface area contributed by atoms with E-state index in [0.29, 0.717) is 17.6 Å². The highest BCUT2D eigenvalue weighted by atomic mass is 15.2. The standard InChI is InChI=1S/C52H43N5/c1-3-17-35(18-4-2)37-21-15-23-39(33-37)50-53-51(40-24-16-22-38(34-40)36-19-7-5-8-20-36)55-52(54-50)57-46-30-14-12-28-44(46)48-47(57)32-31-43-42-27-11-13-29-45(42)56(49(43)48)41-25-9-6-10-26-41/h3,5-11,13,15-27,29,31-34H,4,12,14,28,30H2,1-2H3/b17-3-,35-18+. The molecule has 0 unspecified atom stereocenters. The van der Waals surface area contributed by atoms with Crippen LogP contribution in [0.3, 0.4) is 0 Å². The zero-order chi connectivity index (χ0) is 38.3. The molecule has 10 rings (SSSR count). The molecule has 5 nitrogen and oxygen atoms in total. The maximum absolute atomic E-state index is 5.40. The summed E-state index contributed by atoms with van der Waals surface area (Å²) < 4.78 is 4.82. The number of rotatable bonds is 8. The number of para-hydroxylation sites is 2. The molecule has 276 valence electrons. The summed E-state index contributed by atoms with van der Waals surface area (Å²) in [5, 5.41) is 3.81. The first kappa shape index (κ1) is 34.6. The van der Waals surface area contributed by atoms with Crippen LogP contribution in [0.15, 0.2) is 164 Å². The molecule has 5 heteroatoms. The van der Waals surface area contributed by atoms with Crippen LogP contribution < -0.4 is 0 Å². The minimum atomic E-state index is 0.651. The van der Waals surface area contributed by atoms with E-state index in [-0.39, 0.29) is 0 Å². The van der Waals surface area contributed by atoms with Crippen LogP contribution in [0.1, 0.15) is 49.9 Å². The van der Waals surface area contributed by atoms with Crippen molar-refractivity contribution in [1.29, 1.82) is 0 Å². The fourth-order valence-corrected chi connectivity index (χ4v) is 8.87. The molecule has 6 aromatic carbocycles. The second kappa shape index (κ2) is 14.7. The smallest absolute Gasteiger partial charge is 0.238 e. The van der Waals surface area contributed by atoms with E-state index in [9.17, 15) is 0 Å². The lowest BCUT2D eigenvalue weighted by Gasteiger charge is -2.16. The van der Waals surface area contributed by atoms with Crippen molar-refractivity contribution in [1.82, 2.24) is 24.1 Å². The molecule has 0 spiro atoms. The lowest BCUT2D eigenvalue weighted by atomic mass is 9.94. The molecule has 3 aromatic heterocycles. The lowest BCUT2D eigenvalue weighted by molar-refractivity contribution is 0.661. The quantitative estimate of drug-likeness (QED) is 0.146. The number of fused-ring (bicyclic) bond motifs is 7. The Morgan fingerprint density at radius 3 is 2.07 bits per heavy atom. The lowest BCUT2D eigenvalue weighted by Crippen LogP contribution is -2.11. The van der Waals surface area contributed by atoms with Crippen molar-refractivity contribution < 1.29 is 0 Å². The minimum absolute atomic E-state index is 0.651. The van der Waals surface area contributed by atoms with E-state index in [1.807, 2.05) is 0 Å². The summed E-state index contributed by atoms with van der Waals surface area (Å²) in [4.78, 5) is 16.1. The average molecular weight is 738 g/mol. The zero-order valence-electron chi connectivity index (χ0n) is 32.4. The van der Waals surface area contributed by atoms with E-state index in [4.69, 9.17) is 15.0 Å². The van der Waals surface area contributed by atoms with Gasteiger partial charge in [-0.05, 0) is 103 Å². The number of nitrogens with zero attached hydrogens (tertiary/aromatic N) is 5. The highest BCUT2D eigenvalue weighted by Gasteiger charge is 2.27. The highest BCUT2D eigenvalue weighted by molar-refractivity contribution is 6.19. The Kier molecular flexibility index (Phi) is 8.91. The van der Waals surface area contributed by atoms with E-state index in [2.05, 4.69) is 187 Å². The molecular formula is C52H43N5. The normalized spacial score (nSPS) is 13.3. The van der Waals surface area contributed by atoms with E-state index >= 15 is 0 Å². The first-order chi connectivity index (χ1) is 28.2. The van der Waals surface area contributed by atoms with Crippen LogP contribution in [0.2, 0.25) is 0 Å². The molecule has 1 aliphatic rings. The van der Waals surface area contributed by atoms with Gasteiger partial charge in [-0.15, -0.1) is 0 Å². The summed E-state index contributed by atoms with van der Waals surface area (Å²) in [6.07, 6.45) is 11.7. The minimum Gasteiger partial charge on any atom is -0.309 e. The SMILES string of the molecule is C/C=C\C(=C/CC)c1cccc(-c2nc(-c3cccc(-c4ccccc4)c3)nc(-n3c4c(c5c3ccc3c6ccccc6n(-c6ccccc6)c35)CCCC4)n2)c1. The molecule has 0 saturated carbocycles. The predicted molar refractivity (Wildman–Crippen MR) is 237 cm³/mol. The van der Waals surface area contributed by atoms with Crippen molar-refractivity contribution in [3.63, 3.8) is 0 Å². The number of hydrogen-bond donors (Lipinski definition) is 0. The van der Waals surface area contributed by atoms with Gasteiger partial charge in [0.05, 0.1) is 16.6 Å². The van der Waals surface area contributed by atoms with Crippen molar-refractivity contribution in [3.05, 3.63) is 181 Å². The van der Waals surface area contributed by atoms with Gasteiger partial charge in [-0.3, -0.25) is 4.57 Å². The molecule has 0 N–H and O–H groups in total. The van der Waals surface area contributed by atoms with E-state index in [0.717, 1.165) is 71.1 Å². The van der Waals surface area contributed by atoms with Crippen LogP contribution in [0.4, 0.5) is 0 Å². The number of benzene rings is 6. The summed E-state index contributed by atoms with van der Waals surface area (Å²) in [5.41, 5.74) is 14.0. The number of aromatic nitrogens is 5. The summed E-state index contributed by atoms with van der Waals surface area (Å²) in [6, 6.07) is 51.9. The third kappa shape index (κ3) is 6.07. The Labute approximate surface area is 333 Å². The van der Waals surface area contributed by atoms with Gasteiger partial charge in [-0.1, -0.05) is 134 Å². The predicted octanol–water partition coefficient (Wildman–Crippen LogP) is 13.2. The number of allylic oxidation sites excluding steroid dienone is 4. The summed E-state index contributed by atoms with van der Waals surface area (Å²) >= 11 is 0. The van der Waals surface area contributed by atoms with Gasteiger partial charge in [0.1, 0.15) is 0 Å². The molecule has 0 atom stereocenters. The topological polar surface area (TPSA) is 48.5 Å². The van der Waals surface area contributed by atoms with Crippen LogP contribution in [-0.2, 0) is 12.8 Å². The van der Waals surface area contributed by atoms with Crippen LogP contribution in [0.25, 0.3) is 83.8 Å². The van der Waals surface area contributed by atoms with Gasteiger partial charge in [-0.2, -0.15) is 9.97 Å². The molecule has 9 aromatic rings. The molecule has 0 aliphatic heterocycles. The summed E-state index contributed by atoms with van der Waals surface area (Å²) in [7, 11) is 0. The Balaban J connectivity index is 1.26. The average Bonchev–Trinajstić information content (AvgIpc) is 3.80. The van der Waals surface area contributed by atoms with Gasteiger partial charge in [0.25, 0.3) is 0 Å². The third-order valence-electron chi connectivity index (χ3n) is 11.4. The Morgan fingerprint density at radius 1 is 0.596 bits per heavy atom. The van der Waals surface area contributed by atoms with Crippen molar-refractivity contribution in [2.75, 3.05) is 0 Å². The van der Waals surface area contributed by atoms with Crippen LogP contribution in [-0.4, -0.2) is 24.1 Å². The molecule has 0 bridgehead atoms.